The molecule has 1 fully saturated rings. The fourth-order valence-corrected chi connectivity index (χ4v) is 4.94. The van der Waals surface area contributed by atoms with Crippen LogP contribution in [-0.4, -0.2) is 49.2 Å². The average molecular weight is 462 g/mol. The van der Waals surface area contributed by atoms with Crippen molar-refractivity contribution in [1.29, 1.82) is 0 Å². The zero-order valence-corrected chi connectivity index (χ0v) is 19.6. The van der Waals surface area contributed by atoms with E-state index in [1.54, 1.807) is 29.1 Å². The van der Waals surface area contributed by atoms with Crippen LogP contribution in [0.2, 0.25) is 0 Å². The van der Waals surface area contributed by atoms with Crippen molar-refractivity contribution in [2.45, 2.75) is 32.9 Å². The Kier molecular flexibility index (Phi) is 7.24. The number of aromatic nitrogens is 3. The van der Waals surface area contributed by atoms with Gasteiger partial charge in [0, 0.05) is 47.6 Å². The minimum absolute atomic E-state index is 0.0728. The van der Waals surface area contributed by atoms with E-state index in [-0.39, 0.29) is 11.8 Å². The SMILES string of the molecule is CCC=C(C)C(=O)N1CSCC1C(=O)NCc1cn(-c2ccccc2)nc1-c1ccncc1. The van der Waals surface area contributed by atoms with E-state index in [4.69, 9.17) is 5.10 Å². The average Bonchev–Trinajstić information content (AvgIpc) is 3.51. The van der Waals surface area contributed by atoms with Crippen LogP contribution in [0, 0.1) is 0 Å². The molecule has 1 N–H and O–H groups in total. The first kappa shape index (κ1) is 22.8. The third kappa shape index (κ3) is 5.17. The van der Waals surface area contributed by atoms with E-state index in [0.29, 0.717) is 23.7 Å². The normalized spacial score (nSPS) is 16.1. The lowest BCUT2D eigenvalue weighted by Crippen LogP contribution is -2.47. The lowest BCUT2D eigenvalue weighted by Gasteiger charge is -2.23. The third-order valence-electron chi connectivity index (χ3n) is 5.51. The summed E-state index contributed by atoms with van der Waals surface area (Å²) < 4.78 is 1.82. The van der Waals surface area contributed by atoms with Gasteiger partial charge in [-0.25, -0.2) is 4.68 Å². The van der Waals surface area contributed by atoms with Crippen molar-refractivity contribution in [3.05, 3.63) is 78.3 Å². The first-order chi connectivity index (χ1) is 16.1. The summed E-state index contributed by atoms with van der Waals surface area (Å²) in [6.45, 7) is 4.12. The highest BCUT2D eigenvalue weighted by Crippen LogP contribution is 2.25. The van der Waals surface area contributed by atoms with Gasteiger partial charge in [-0.1, -0.05) is 31.2 Å². The van der Waals surface area contributed by atoms with Gasteiger partial charge in [0.1, 0.15) is 6.04 Å². The van der Waals surface area contributed by atoms with Gasteiger partial charge in [0.05, 0.1) is 17.3 Å². The highest BCUT2D eigenvalue weighted by molar-refractivity contribution is 7.99. The van der Waals surface area contributed by atoms with E-state index in [1.807, 2.05) is 73.3 Å². The topological polar surface area (TPSA) is 80.1 Å². The predicted molar refractivity (Wildman–Crippen MR) is 131 cm³/mol. The second-order valence-corrected chi connectivity index (χ2v) is 8.82. The van der Waals surface area contributed by atoms with E-state index >= 15 is 0 Å². The summed E-state index contributed by atoms with van der Waals surface area (Å²) in [6, 6.07) is 13.2. The van der Waals surface area contributed by atoms with E-state index in [0.717, 1.165) is 28.9 Å². The Hall–Kier alpha value is -3.39. The summed E-state index contributed by atoms with van der Waals surface area (Å²) in [5.74, 6) is 0.902. The Balaban J connectivity index is 1.54. The zero-order valence-electron chi connectivity index (χ0n) is 18.8. The summed E-state index contributed by atoms with van der Waals surface area (Å²) >= 11 is 1.60. The van der Waals surface area contributed by atoms with Crippen molar-refractivity contribution in [2.24, 2.45) is 0 Å². The molecule has 3 heterocycles. The molecule has 2 aromatic heterocycles. The van der Waals surface area contributed by atoms with Crippen molar-refractivity contribution in [3.8, 4) is 16.9 Å². The van der Waals surface area contributed by atoms with Gasteiger partial charge in [0.15, 0.2) is 0 Å². The first-order valence-corrected chi connectivity index (χ1v) is 12.1. The summed E-state index contributed by atoms with van der Waals surface area (Å²) in [7, 11) is 0. The number of thioether (sulfide) groups is 1. The number of benzene rings is 1. The molecule has 1 aromatic carbocycles. The van der Waals surface area contributed by atoms with Gasteiger partial charge in [-0.3, -0.25) is 14.6 Å². The largest absolute Gasteiger partial charge is 0.350 e. The number of nitrogens with zero attached hydrogens (tertiary/aromatic N) is 4. The maximum atomic E-state index is 13.1. The number of nitrogens with one attached hydrogen (secondary N) is 1. The standard InChI is InChI=1S/C25H27N5O2S/c1-3-7-18(2)25(32)29-17-33-16-22(29)24(31)27-14-20-15-30(21-8-5-4-6-9-21)28-23(20)19-10-12-26-13-11-19/h4-13,15,22H,3,14,16-17H2,1-2H3,(H,27,31). The van der Waals surface area contributed by atoms with Crippen LogP contribution in [0.25, 0.3) is 16.9 Å². The summed E-state index contributed by atoms with van der Waals surface area (Å²) in [4.78, 5) is 31.6. The van der Waals surface area contributed by atoms with E-state index in [9.17, 15) is 9.59 Å². The quantitative estimate of drug-likeness (QED) is 0.541. The van der Waals surface area contributed by atoms with Crippen molar-refractivity contribution in [2.75, 3.05) is 11.6 Å². The minimum atomic E-state index is -0.476. The molecule has 1 unspecified atom stereocenters. The lowest BCUT2D eigenvalue weighted by molar-refractivity contribution is -0.135. The van der Waals surface area contributed by atoms with Crippen molar-refractivity contribution in [1.82, 2.24) is 25.0 Å². The van der Waals surface area contributed by atoms with Gasteiger partial charge in [0.2, 0.25) is 5.91 Å². The van der Waals surface area contributed by atoms with Crippen LogP contribution < -0.4 is 5.32 Å². The molecule has 8 heteroatoms. The molecular weight excluding hydrogens is 434 g/mol. The molecule has 0 bridgehead atoms. The fourth-order valence-electron chi connectivity index (χ4n) is 3.79. The van der Waals surface area contributed by atoms with Crippen LogP contribution in [-0.2, 0) is 16.1 Å². The Morgan fingerprint density at radius 3 is 2.67 bits per heavy atom. The van der Waals surface area contributed by atoms with Crippen LogP contribution in [0.4, 0.5) is 0 Å². The molecule has 4 rings (SSSR count). The Labute approximate surface area is 197 Å². The molecule has 0 radical (unpaired) electrons. The molecule has 3 aromatic rings. The third-order valence-corrected chi connectivity index (χ3v) is 6.52. The van der Waals surface area contributed by atoms with E-state index in [1.165, 1.54) is 0 Å². The Morgan fingerprint density at radius 1 is 1.18 bits per heavy atom. The number of para-hydroxylation sites is 1. The van der Waals surface area contributed by atoms with Gasteiger partial charge >= 0.3 is 0 Å². The maximum Gasteiger partial charge on any atom is 0.250 e. The van der Waals surface area contributed by atoms with Crippen LogP contribution in [0.5, 0.6) is 0 Å². The summed E-state index contributed by atoms with van der Waals surface area (Å²) in [6.07, 6.45) is 8.08. The number of rotatable bonds is 7. The second-order valence-electron chi connectivity index (χ2n) is 7.82. The molecule has 1 aliphatic heterocycles. The molecule has 1 atom stereocenters. The highest BCUT2D eigenvalue weighted by Gasteiger charge is 2.35. The van der Waals surface area contributed by atoms with Crippen LogP contribution in [0.3, 0.4) is 0 Å². The number of pyridine rings is 1. The molecule has 0 aliphatic carbocycles. The maximum absolute atomic E-state index is 13.1. The predicted octanol–water partition coefficient (Wildman–Crippen LogP) is 3.81. The van der Waals surface area contributed by atoms with Crippen molar-refractivity contribution < 1.29 is 9.59 Å². The van der Waals surface area contributed by atoms with Crippen molar-refractivity contribution >= 4 is 23.6 Å². The van der Waals surface area contributed by atoms with Gasteiger partial charge in [-0.15, -0.1) is 11.8 Å². The molecule has 0 spiro atoms. The van der Waals surface area contributed by atoms with Gasteiger partial charge in [0.25, 0.3) is 5.91 Å². The monoisotopic (exact) mass is 461 g/mol. The number of allylic oxidation sites excluding steroid dienone is 1. The second kappa shape index (κ2) is 10.5. The Bertz CT molecular complexity index is 1140. The molecule has 1 saturated heterocycles. The zero-order chi connectivity index (χ0) is 23.2. The van der Waals surface area contributed by atoms with Gasteiger partial charge in [-0.05, 0) is 37.6 Å². The molecule has 170 valence electrons. The van der Waals surface area contributed by atoms with E-state index < -0.39 is 6.04 Å². The van der Waals surface area contributed by atoms with Gasteiger partial charge < -0.3 is 10.2 Å². The fraction of sp³-hybridized carbons (Fsp3) is 0.280. The number of carbonyl (C=O) groups is 2. The number of carbonyl (C=O) groups excluding carboxylic acids is 2. The van der Waals surface area contributed by atoms with E-state index in [2.05, 4.69) is 10.3 Å². The lowest BCUT2D eigenvalue weighted by atomic mass is 10.1. The molecule has 1 aliphatic rings. The van der Waals surface area contributed by atoms with Crippen LogP contribution in [0.1, 0.15) is 25.8 Å². The molecule has 33 heavy (non-hydrogen) atoms. The summed E-state index contributed by atoms with van der Waals surface area (Å²) in [5, 5.41) is 7.81. The van der Waals surface area contributed by atoms with Gasteiger partial charge in [-0.2, -0.15) is 5.10 Å². The molecular formula is C25H27N5O2S. The number of hydrogen-bond donors (Lipinski definition) is 1. The number of hydrogen-bond acceptors (Lipinski definition) is 5. The van der Waals surface area contributed by atoms with Crippen molar-refractivity contribution in [3.63, 3.8) is 0 Å². The first-order valence-electron chi connectivity index (χ1n) is 11.0. The van der Waals surface area contributed by atoms with Crippen LogP contribution >= 0.6 is 11.8 Å². The molecule has 2 amide bonds. The van der Waals surface area contributed by atoms with Crippen LogP contribution in [0.15, 0.2) is 72.7 Å². The molecule has 0 saturated carbocycles. The highest BCUT2D eigenvalue weighted by atomic mass is 32.2. The smallest absolute Gasteiger partial charge is 0.250 e. The summed E-state index contributed by atoms with van der Waals surface area (Å²) in [5.41, 5.74) is 4.23. The molecule has 7 nitrogen and oxygen atoms in total. The number of amides is 2. The Morgan fingerprint density at radius 2 is 1.94 bits per heavy atom. The minimum Gasteiger partial charge on any atom is -0.350 e.